The summed E-state index contributed by atoms with van der Waals surface area (Å²) in [7, 11) is 3.85. The molecule has 21 heavy (non-hydrogen) atoms. The molecule has 7 heteroatoms. The highest BCUT2D eigenvalue weighted by Crippen LogP contribution is 2.20. The van der Waals surface area contributed by atoms with Gasteiger partial charge in [0.15, 0.2) is 5.54 Å². The number of anilines is 1. The minimum absolute atomic E-state index is 0.0278. The Labute approximate surface area is 122 Å². The molecule has 0 aliphatic carbocycles. The van der Waals surface area contributed by atoms with Crippen LogP contribution in [0.5, 0.6) is 0 Å². The highest BCUT2D eigenvalue weighted by molar-refractivity contribution is 5.90. The second kappa shape index (κ2) is 7.03. The first-order valence-electron chi connectivity index (χ1n) is 6.11. The van der Waals surface area contributed by atoms with Crippen LogP contribution < -0.4 is 5.32 Å². The second-order valence-electron chi connectivity index (χ2n) is 4.57. The quantitative estimate of drug-likeness (QED) is 0.804. The van der Waals surface area contributed by atoms with Crippen LogP contribution in [0.15, 0.2) is 18.2 Å². The number of benzene rings is 1. The van der Waals surface area contributed by atoms with Crippen LogP contribution in [0.25, 0.3) is 0 Å². The SMILES string of the molecule is COCC(C)(Nc1ccc(C(=O)OC)c(F)c1)C(=O)OC. The summed E-state index contributed by atoms with van der Waals surface area (Å²) < 4.78 is 28.0. The van der Waals surface area contributed by atoms with Crippen molar-refractivity contribution in [3.63, 3.8) is 0 Å². The molecule has 1 unspecified atom stereocenters. The summed E-state index contributed by atoms with van der Waals surface area (Å²) in [5, 5.41) is 2.84. The Hall–Kier alpha value is -2.15. The fraction of sp³-hybridized carbons (Fsp3) is 0.429. The van der Waals surface area contributed by atoms with Gasteiger partial charge in [-0.05, 0) is 25.1 Å². The van der Waals surface area contributed by atoms with Gasteiger partial charge in [0.2, 0.25) is 0 Å². The van der Waals surface area contributed by atoms with E-state index in [9.17, 15) is 14.0 Å². The summed E-state index contributed by atoms with van der Waals surface area (Å²) in [6.07, 6.45) is 0. The normalized spacial score (nSPS) is 13.2. The molecule has 0 aliphatic heterocycles. The summed E-state index contributed by atoms with van der Waals surface area (Å²) in [5.41, 5.74) is -1.05. The van der Waals surface area contributed by atoms with Crippen molar-refractivity contribution in [1.82, 2.24) is 0 Å². The number of hydrogen-bond donors (Lipinski definition) is 1. The molecule has 0 bridgehead atoms. The van der Waals surface area contributed by atoms with Gasteiger partial charge >= 0.3 is 11.9 Å². The summed E-state index contributed by atoms with van der Waals surface area (Å²) in [6, 6.07) is 3.84. The van der Waals surface area contributed by atoms with Crippen LogP contribution in [-0.4, -0.2) is 45.4 Å². The number of esters is 2. The lowest BCUT2D eigenvalue weighted by Gasteiger charge is -2.28. The molecule has 6 nitrogen and oxygen atoms in total. The van der Waals surface area contributed by atoms with Crippen molar-refractivity contribution in [2.24, 2.45) is 0 Å². The van der Waals surface area contributed by atoms with Crippen molar-refractivity contribution < 1.29 is 28.2 Å². The van der Waals surface area contributed by atoms with Gasteiger partial charge in [-0.25, -0.2) is 14.0 Å². The number of ether oxygens (including phenoxy) is 3. The van der Waals surface area contributed by atoms with Gasteiger partial charge in [0.05, 0.1) is 26.4 Å². The predicted octanol–water partition coefficient (Wildman–Crippen LogP) is 1.60. The van der Waals surface area contributed by atoms with Gasteiger partial charge in [0.25, 0.3) is 0 Å². The zero-order valence-corrected chi connectivity index (χ0v) is 12.4. The molecule has 0 radical (unpaired) electrons. The molecule has 1 rings (SSSR count). The molecule has 116 valence electrons. The third-order valence-corrected chi connectivity index (χ3v) is 2.86. The van der Waals surface area contributed by atoms with E-state index in [1.807, 2.05) is 0 Å². The summed E-state index contributed by atoms with van der Waals surface area (Å²) in [4.78, 5) is 23.1. The molecule has 1 N–H and O–H groups in total. The molecule has 0 fully saturated rings. The predicted molar refractivity (Wildman–Crippen MR) is 73.7 cm³/mol. The van der Waals surface area contributed by atoms with Crippen LogP contribution in [0.2, 0.25) is 0 Å². The van der Waals surface area contributed by atoms with Crippen molar-refractivity contribution in [2.45, 2.75) is 12.5 Å². The van der Waals surface area contributed by atoms with Crippen LogP contribution in [0.3, 0.4) is 0 Å². The number of carbonyl (C=O) groups is 2. The van der Waals surface area contributed by atoms with Gasteiger partial charge in [0.1, 0.15) is 5.82 Å². The smallest absolute Gasteiger partial charge is 0.340 e. The summed E-state index contributed by atoms with van der Waals surface area (Å²) in [6.45, 7) is 1.59. The molecular formula is C14H18FNO5. The van der Waals surface area contributed by atoms with Crippen LogP contribution in [0, 0.1) is 5.82 Å². The van der Waals surface area contributed by atoms with Gasteiger partial charge in [0, 0.05) is 12.8 Å². The Morgan fingerprint density at radius 1 is 1.24 bits per heavy atom. The van der Waals surface area contributed by atoms with Gasteiger partial charge in [-0.1, -0.05) is 0 Å². The first-order valence-corrected chi connectivity index (χ1v) is 6.11. The van der Waals surface area contributed by atoms with Gasteiger partial charge < -0.3 is 19.5 Å². The number of carbonyl (C=O) groups excluding carboxylic acids is 2. The summed E-state index contributed by atoms with van der Waals surface area (Å²) >= 11 is 0. The lowest BCUT2D eigenvalue weighted by Crippen LogP contribution is -2.48. The van der Waals surface area contributed by atoms with Crippen LogP contribution in [0.4, 0.5) is 10.1 Å². The molecule has 0 spiro atoms. The maximum atomic E-state index is 13.8. The molecule has 1 aromatic rings. The second-order valence-corrected chi connectivity index (χ2v) is 4.57. The Kier molecular flexibility index (Phi) is 5.66. The number of rotatable bonds is 6. The van der Waals surface area contributed by atoms with E-state index in [4.69, 9.17) is 9.47 Å². The average molecular weight is 299 g/mol. The molecule has 0 saturated carbocycles. The lowest BCUT2D eigenvalue weighted by atomic mass is 10.0. The largest absolute Gasteiger partial charge is 0.467 e. The lowest BCUT2D eigenvalue weighted by molar-refractivity contribution is -0.147. The van der Waals surface area contributed by atoms with Crippen molar-refractivity contribution in [3.8, 4) is 0 Å². The van der Waals surface area contributed by atoms with Crippen molar-refractivity contribution in [1.29, 1.82) is 0 Å². The molecular weight excluding hydrogens is 281 g/mol. The molecule has 0 aromatic heterocycles. The topological polar surface area (TPSA) is 73.9 Å². The number of halogens is 1. The van der Waals surface area contributed by atoms with Crippen molar-refractivity contribution in [2.75, 3.05) is 33.3 Å². The first kappa shape index (κ1) is 16.9. The van der Waals surface area contributed by atoms with E-state index < -0.39 is 23.3 Å². The Morgan fingerprint density at radius 2 is 1.90 bits per heavy atom. The van der Waals surface area contributed by atoms with Crippen LogP contribution in [0.1, 0.15) is 17.3 Å². The third kappa shape index (κ3) is 3.91. The van der Waals surface area contributed by atoms with E-state index in [0.717, 1.165) is 6.07 Å². The summed E-state index contributed by atoms with van der Waals surface area (Å²) in [5.74, 6) is -2.08. The third-order valence-electron chi connectivity index (χ3n) is 2.86. The molecule has 1 aromatic carbocycles. The Bertz CT molecular complexity index is 534. The van der Waals surface area contributed by atoms with Gasteiger partial charge in [-0.3, -0.25) is 0 Å². The standard InChI is InChI=1S/C14H18FNO5/c1-14(8-19-2,13(18)21-4)16-9-5-6-10(11(15)7-9)12(17)20-3/h5-7,16H,8H2,1-4H3. The van der Waals surface area contributed by atoms with Gasteiger partial charge in [-0.15, -0.1) is 0 Å². The number of hydrogen-bond acceptors (Lipinski definition) is 6. The zero-order chi connectivity index (χ0) is 16.0. The van der Waals surface area contributed by atoms with E-state index in [1.54, 1.807) is 6.92 Å². The molecule has 0 saturated heterocycles. The molecule has 0 aliphatic rings. The fourth-order valence-corrected chi connectivity index (χ4v) is 1.85. The Balaban J connectivity index is 3.03. The minimum Gasteiger partial charge on any atom is -0.467 e. The zero-order valence-electron chi connectivity index (χ0n) is 12.4. The maximum Gasteiger partial charge on any atom is 0.340 e. The van der Waals surface area contributed by atoms with E-state index in [2.05, 4.69) is 10.1 Å². The van der Waals surface area contributed by atoms with E-state index in [1.165, 1.54) is 33.5 Å². The number of methoxy groups -OCH3 is 3. The average Bonchev–Trinajstić information content (AvgIpc) is 2.45. The maximum absolute atomic E-state index is 13.8. The fourth-order valence-electron chi connectivity index (χ4n) is 1.85. The highest BCUT2D eigenvalue weighted by atomic mass is 19.1. The van der Waals surface area contributed by atoms with E-state index in [0.29, 0.717) is 5.69 Å². The van der Waals surface area contributed by atoms with E-state index >= 15 is 0 Å². The molecule has 1 atom stereocenters. The Morgan fingerprint density at radius 3 is 2.38 bits per heavy atom. The van der Waals surface area contributed by atoms with Crippen LogP contribution in [-0.2, 0) is 19.0 Å². The molecule has 0 amide bonds. The van der Waals surface area contributed by atoms with Gasteiger partial charge in [-0.2, -0.15) is 0 Å². The van der Waals surface area contributed by atoms with Crippen molar-refractivity contribution in [3.05, 3.63) is 29.6 Å². The molecule has 0 heterocycles. The van der Waals surface area contributed by atoms with E-state index in [-0.39, 0.29) is 12.2 Å². The number of nitrogens with one attached hydrogen (secondary N) is 1. The van der Waals surface area contributed by atoms with Crippen LogP contribution >= 0.6 is 0 Å². The highest BCUT2D eigenvalue weighted by Gasteiger charge is 2.34. The minimum atomic E-state index is -1.18. The monoisotopic (exact) mass is 299 g/mol. The first-order chi connectivity index (χ1) is 9.87. The van der Waals surface area contributed by atoms with Crippen molar-refractivity contribution >= 4 is 17.6 Å².